The molecule has 1 aromatic heterocycles. The van der Waals surface area contributed by atoms with Crippen molar-refractivity contribution in [3.8, 4) is 0 Å². The second-order valence-electron chi connectivity index (χ2n) is 6.48. The summed E-state index contributed by atoms with van der Waals surface area (Å²) < 4.78 is 3.72. The molecular formula is C19H18BrCl3N2O3S. The van der Waals surface area contributed by atoms with Crippen LogP contribution in [0.5, 0.6) is 0 Å². The van der Waals surface area contributed by atoms with Crippen molar-refractivity contribution in [2.45, 2.75) is 35.6 Å². The van der Waals surface area contributed by atoms with Gasteiger partial charge in [0.25, 0.3) is 5.91 Å². The Morgan fingerprint density at radius 2 is 1.90 bits per heavy atom. The first-order chi connectivity index (χ1) is 13.7. The monoisotopic (exact) mass is 538 g/mol. The first kappa shape index (κ1) is 22.7. The molecule has 0 saturated carbocycles. The molecule has 2 aromatic rings. The summed E-state index contributed by atoms with van der Waals surface area (Å²) in [4.78, 5) is 26.3. The number of nitrogens with one attached hydrogen (secondary N) is 2. The third-order valence-electron chi connectivity index (χ3n) is 4.56. The Hall–Kier alpha value is -0.990. The third-order valence-corrected chi connectivity index (χ3v) is 7.13. The molecule has 0 fully saturated rings. The van der Waals surface area contributed by atoms with Crippen LogP contribution < -0.4 is 10.6 Å². The summed E-state index contributed by atoms with van der Waals surface area (Å²) in [6.45, 7) is 0. The first-order valence-electron chi connectivity index (χ1n) is 8.84. The van der Waals surface area contributed by atoms with Crippen molar-refractivity contribution in [1.82, 2.24) is 5.32 Å². The van der Waals surface area contributed by atoms with Crippen LogP contribution in [0.1, 0.15) is 44.0 Å². The number of alkyl halides is 3. The van der Waals surface area contributed by atoms with Crippen LogP contribution in [0.15, 0.2) is 28.7 Å². The number of benzene rings is 1. The highest BCUT2D eigenvalue weighted by Crippen LogP contribution is 2.40. The highest BCUT2D eigenvalue weighted by atomic mass is 79.9. The number of halogens is 4. The molecule has 1 aromatic carbocycles. The SMILES string of the molecule is COC(=O)c1c(NC(NC(=O)c2ccccc2Br)C(Cl)(Cl)Cl)sc2c1CCCC2. The number of anilines is 1. The molecule has 1 amide bonds. The van der Waals surface area contributed by atoms with Crippen LogP contribution in [-0.4, -0.2) is 28.9 Å². The van der Waals surface area contributed by atoms with Gasteiger partial charge in [0.05, 0.1) is 18.2 Å². The normalized spacial score (nSPS) is 14.7. The van der Waals surface area contributed by atoms with Crippen LogP contribution in [0, 0.1) is 0 Å². The standard InChI is InChI=1S/C19H18BrCl3N2O3S/c1-28-17(27)14-11-7-3-5-9-13(11)29-16(14)25-18(19(21,22)23)24-15(26)10-6-2-4-8-12(10)20/h2,4,6,8,18,25H,3,5,7,9H2,1H3,(H,24,26). The maximum Gasteiger partial charge on any atom is 0.341 e. The van der Waals surface area contributed by atoms with Crippen LogP contribution in [0.3, 0.4) is 0 Å². The lowest BCUT2D eigenvalue weighted by atomic mass is 9.95. The lowest BCUT2D eigenvalue weighted by Gasteiger charge is -2.27. The van der Waals surface area contributed by atoms with E-state index >= 15 is 0 Å². The summed E-state index contributed by atoms with van der Waals surface area (Å²) in [5, 5.41) is 6.28. The Bertz CT molecular complexity index is 930. The van der Waals surface area contributed by atoms with Gasteiger partial charge in [-0.3, -0.25) is 4.79 Å². The van der Waals surface area contributed by atoms with Gasteiger partial charge in [0.1, 0.15) is 11.2 Å². The Morgan fingerprint density at radius 3 is 2.55 bits per heavy atom. The Kier molecular flexibility index (Phi) is 7.38. The Balaban J connectivity index is 1.92. The smallest absolute Gasteiger partial charge is 0.341 e. The lowest BCUT2D eigenvalue weighted by molar-refractivity contribution is 0.0600. The molecule has 0 aliphatic heterocycles. The summed E-state index contributed by atoms with van der Waals surface area (Å²) in [7, 11) is 1.33. The molecule has 2 N–H and O–H groups in total. The van der Waals surface area contributed by atoms with E-state index < -0.39 is 21.8 Å². The van der Waals surface area contributed by atoms with E-state index in [4.69, 9.17) is 39.5 Å². The summed E-state index contributed by atoms with van der Waals surface area (Å²) in [6, 6.07) is 6.93. The molecule has 0 saturated heterocycles. The molecule has 156 valence electrons. The number of thiophene rings is 1. The molecule has 5 nitrogen and oxygen atoms in total. The summed E-state index contributed by atoms with van der Waals surface area (Å²) in [5.41, 5.74) is 1.81. The largest absolute Gasteiger partial charge is 0.465 e. The minimum atomic E-state index is -1.87. The zero-order valence-electron chi connectivity index (χ0n) is 15.4. The van der Waals surface area contributed by atoms with Crippen LogP contribution in [0.25, 0.3) is 0 Å². The van der Waals surface area contributed by atoms with Gasteiger partial charge in [-0.15, -0.1) is 11.3 Å². The van der Waals surface area contributed by atoms with E-state index in [-0.39, 0.29) is 0 Å². The fourth-order valence-electron chi connectivity index (χ4n) is 3.17. The number of hydrogen-bond donors (Lipinski definition) is 2. The Labute approximate surface area is 196 Å². The van der Waals surface area contributed by atoms with Crippen molar-refractivity contribution < 1.29 is 14.3 Å². The van der Waals surface area contributed by atoms with Gasteiger partial charge in [0.2, 0.25) is 3.79 Å². The number of hydrogen-bond acceptors (Lipinski definition) is 5. The summed E-state index contributed by atoms with van der Waals surface area (Å²) in [6.07, 6.45) is 2.66. The topological polar surface area (TPSA) is 67.4 Å². The average molecular weight is 541 g/mol. The van der Waals surface area contributed by atoms with E-state index in [0.29, 0.717) is 20.6 Å². The molecule has 1 unspecified atom stereocenters. The van der Waals surface area contributed by atoms with Gasteiger partial charge in [-0.25, -0.2) is 4.79 Å². The first-order valence-corrected chi connectivity index (χ1v) is 11.6. The van der Waals surface area contributed by atoms with Gasteiger partial charge in [-0.2, -0.15) is 0 Å². The highest BCUT2D eigenvalue weighted by Gasteiger charge is 2.37. The molecule has 0 radical (unpaired) electrons. The fraction of sp³-hybridized carbons (Fsp3) is 0.368. The van der Waals surface area contributed by atoms with E-state index in [1.165, 1.54) is 18.4 Å². The van der Waals surface area contributed by atoms with E-state index in [0.717, 1.165) is 36.1 Å². The summed E-state index contributed by atoms with van der Waals surface area (Å²) >= 11 is 23.2. The average Bonchev–Trinajstić information content (AvgIpc) is 3.04. The van der Waals surface area contributed by atoms with Gasteiger partial charge in [-0.05, 0) is 59.3 Å². The summed E-state index contributed by atoms with van der Waals surface area (Å²) in [5.74, 6) is -0.880. The quantitative estimate of drug-likeness (QED) is 0.290. The van der Waals surface area contributed by atoms with Crippen LogP contribution in [-0.2, 0) is 17.6 Å². The molecule has 1 aliphatic rings. The predicted molar refractivity (Wildman–Crippen MR) is 122 cm³/mol. The highest BCUT2D eigenvalue weighted by molar-refractivity contribution is 9.10. The molecule has 10 heteroatoms. The molecule has 1 atom stereocenters. The number of ether oxygens (including phenoxy) is 1. The number of aryl methyl sites for hydroxylation is 1. The third kappa shape index (κ3) is 5.20. The number of carbonyl (C=O) groups is 2. The zero-order chi connectivity index (χ0) is 21.2. The second-order valence-corrected chi connectivity index (χ2v) is 10.8. The van der Waals surface area contributed by atoms with E-state index in [2.05, 4.69) is 26.6 Å². The number of amides is 1. The van der Waals surface area contributed by atoms with Crippen molar-refractivity contribution in [2.75, 3.05) is 12.4 Å². The minimum Gasteiger partial charge on any atom is -0.465 e. The molecular weight excluding hydrogens is 523 g/mol. The predicted octanol–water partition coefficient (Wildman–Crippen LogP) is 5.71. The van der Waals surface area contributed by atoms with Gasteiger partial charge >= 0.3 is 5.97 Å². The molecule has 0 bridgehead atoms. The maximum absolute atomic E-state index is 12.7. The van der Waals surface area contributed by atoms with Crippen LogP contribution in [0.2, 0.25) is 0 Å². The van der Waals surface area contributed by atoms with Crippen molar-refractivity contribution in [3.05, 3.63) is 50.3 Å². The number of rotatable bonds is 5. The maximum atomic E-state index is 12.7. The van der Waals surface area contributed by atoms with E-state index in [9.17, 15) is 9.59 Å². The number of carbonyl (C=O) groups excluding carboxylic acids is 2. The fourth-order valence-corrected chi connectivity index (χ4v) is 5.27. The van der Waals surface area contributed by atoms with Crippen LogP contribution >= 0.6 is 62.1 Å². The van der Waals surface area contributed by atoms with Gasteiger partial charge < -0.3 is 15.4 Å². The van der Waals surface area contributed by atoms with Gasteiger partial charge in [0, 0.05) is 9.35 Å². The number of methoxy groups -OCH3 is 1. The lowest BCUT2D eigenvalue weighted by Crippen LogP contribution is -2.49. The van der Waals surface area contributed by atoms with Crippen molar-refractivity contribution in [3.63, 3.8) is 0 Å². The molecule has 1 aliphatic carbocycles. The number of fused-ring (bicyclic) bond motifs is 1. The van der Waals surface area contributed by atoms with E-state index in [1.807, 2.05) is 0 Å². The molecule has 29 heavy (non-hydrogen) atoms. The minimum absolute atomic E-state index is 0.396. The second kappa shape index (κ2) is 9.43. The molecule has 3 rings (SSSR count). The number of esters is 1. The zero-order valence-corrected chi connectivity index (χ0v) is 20.0. The molecule has 1 heterocycles. The molecule has 0 spiro atoms. The van der Waals surface area contributed by atoms with Gasteiger partial charge in [-0.1, -0.05) is 46.9 Å². The van der Waals surface area contributed by atoms with Crippen molar-refractivity contribution >= 4 is 78.9 Å². The van der Waals surface area contributed by atoms with Crippen LogP contribution in [0.4, 0.5) is 5.00 Å². The Morgan fingerprint density at radius 1 is 1.21 bits per heavy atom. The van der Waals surface area contributed by atoms with Crippen molar-refractivity contribution in [1.29, 1.82) is 0 Å². The van der Waals surface area contributed by atoms with Crippen molar-refractivity contribution in [2.24, 2.45) is 0 Å². The van der Waals surface area contributed by atoms with E-state index in [1.54, 1.807) is 24.3 Å². The van der Waals surface area contributed by atoms with Gasteiger partial charge in [0.15, 0.2) is 0 Å².